The highest BCUT2D eigenvalue weighted by Crippen LogP contribution is 2.37. The maximum Gasteiger partial charge on any atom is 0.496 e. The molecule has 2 heterocycles. The molecule has 6 heteroatoms. The van der Waals surface area contributed by atoms with E-state index in [1.165, 1.54) is 25.7 Å². The van der Waals surface area contributed by atoms with Crippen LogP contribution in [0.1, 0.15) is 53.4 Å². The average Bonchev–Trinajstić information content (AvgIpc) is 3.05. The molecule has 1 saturated heterocycles. The average molecular weight is 334 g/mol. The van der Waals surface area contributed by atoms with E-state index in [0.717, 1.165) is 22.0 Å². The normalized spacial score (nSPS) is 23.6. The molecule has 4 nitrogen and oxygen atoms in total. The fourth-order valence-corrected chi connectivity index (χ4v) is 4.25. The number of hydrogen-bond donors (Lipinski definition) is 1. The van der Waals surface area contributed by atoms with E-state index in [1.54, 1.807) is 6.20 Å². The van der Waals surface area contributed by atoms with E-state index in [1.807, 2.05) is 11.8 Å². The first-order valence-electron chi connectivity index (χ1n) is 8.52. The van der Waals surface area contributed by atoms with Gasteiger partial charge >= 0.3 is 7.12 Å². The number of nitrogens with zero attached hydrogens (tertiary/aromatic N) is 1. The van der Waals surface area contributed by atoms with Gasteiger partial charge < -0.3 is 15.0 Å². The topological polar surface area (TPSA) is 57.4 Å². The second-order valence-electron chi connectivity index (χ2n) is 7.70. The van der Waals surface area contributed by atoms with E-state index >= 15 is 0 Å². The van der Waals surface area contributed by atoms with Gasteiger partial charge in [-0.25, -0.2) is 4.98 Å². The van der Waals surface area contributed by atoms with E-state index in [4.69, 9.17) is 15.0 Å². The number of nitrogen functional groups attached to an aromatic ring is 1. The first-order valence-corrected chi connectivity index (χ1v) is 9.51. The molecule has 0 aromatic carbocycles. The Morgan fingerprint density at radius 2 is 1.83 bits per heavy atom. The molecular formula is C17H27BN2O2S. The molecule has 0 unspecified atom stereocenters. The van der Waals surface area contributed by atoms with Crippen molar-refractivity contribution in [3.63, 3.8) is 0 Å². The Bertz CT molecular complexity index is 558. The Morgan fingerprint density at radius 1 is 1.22 bits per heavy atom. The van der Waals surface area contributed by atoms with Crippen LogP contribution in [-0.2, 0) is 9.31 Å². The Kier molecular flexibility index (Phi) is 4.69. The van der Waals surface area contributed by atoms with Crippen LogP contribution in [0, 0.1) is 5.92 Å². The molecule has 2 N–H and O–H groups in total. The zero-order chi connectivity index (χ0) is 16.7. The van der Waals surface area contributed by atoms with Gasteiger partial charge in [-0.15, -0.1) is 11.8 Å². The molecule has 0 radical (unpaired) electrons. The molecule has 0 bridgehead atoms. The second kappa shape index (κ2) is 6.30. The number of anilines is 1. The summed E-state index contributed by atoms with van der Waals surface area (Å²) < 4.78 is 12.2. The molecule has 3 rings (SSSR count). The second-order valence-corrected chi connectivity index (χ2v) is 8.76. The van der Waals surface area contributed by atoms with Crippen LogP contribution in [-0.4, -0.2) is 29.1 Å². The summed E-state index contributed by atoms with van der Waals surface area (Å²) in [6, 6.07) is 2.09. The van der Waals surface area contributed by atoms with Gasteiger partial charge in [0.1, 0.15) is 5.82 Å². The molecule has 1 aromatic heterocycles. The van der Waals surface area contributed by atoms with Gasteiger partial charge in [0, 0.05) is 22.3 Å². The third-order valence-electron chi connectivity index (χ3n) is 5.38. The minimum Gasteiger partial charge on any atom is -0.399 e. The summed E-state index contributed by atoms with van der Waals surface area (Å²) in [7, 11) is -0.376. The van der Waals surface area contributed by atoms with E-state index in [0.29, 0.717) is 5.82 Å². The number of hydrogen-bond acceptors (Lipinski definition) is 5. The van der Waals surface area contributed by atoms with E-state index < -0.39 is 0 Å². The number of pyridine rings is 1. The first kappa shape index (κ1) is 17.1. The molecule has 2 aliphatic rings. The fourth-order valence-electron chi connectivity index (χ4n) is 3.08. The Balaban J connectivity index is 1.72. The lowest BCUT2D eigenvalue weighted by Crippen LogP contribution is -2.41. The highest BCUT2D eigenvalue weighted by molar-refractivity contribution is 7.99. The predicted octanol–water partition coefficient (Wildman–Crippen LogP) is 3.25. The Labute approximate surface area is 144 Å². The maximum atomic E-state index is 6.11. The molecule has 1 aliphatic carbocycles. The Morgan fingerprint density at radius 3 is 2.43 bits per heavy atom. The molecule has 0 spiro atoms. The van der Waals surface area contributed by atoms with Gasteiger partial charge in [0.15, 0.2) is 0 Å². The van der Waals surface area contributed by atoms with E-state index in [9.17, 15) is 0 Å². The van der Waals surface area contributed by atoms with Crippen LogP contribution in [0.4, 0.5) is 5.82 Å². The third-order valence-corrected chi connectivity index (χ3v) is 6.65. The molecular weight excluding hydrogens is 307 g/mol. The quantitative estimate of drug-likeness (QED) is 0.677. The van der Waals surface area contributed by atoms with Crippen molar-refractivity contribution < 1.29 is 9.31 Å². The van der Waals surface area contributed by atoms with Gasteiger partial charge in [0.05, 0.1) is 11.2 Å². The van der Waals surface area contributed by atoms with Crippen LogP contribution in [0.25, 0.3) is 0 Å². The Hall–Kier alpha value is -0.715. The summed E-state index contributed by atoms with van der Waals surface area (Å²) in [4.78, 5) is 5.41. The number of rotatable bonds is 4. The SMILES string of the molecule is CC1(C)OB(c2cnc(N)c(SCC3CCCC3)c2)OC1(C)C. The molecule has 1 aliphatic heterocycles. The molecule has 23 heavy (non-hydrogen) atoms. The summed E-state index contributed by atoms with van der Waals surface area (Å²) in [5, 5.41) is 0. The van der Waals surface area contributed by atoms with Gasteiger partial charge in [0.2, 0.25) is 0 Å². The highest BCUT2D eigenvalue weighted by Gasteiger charge is 2.51. The van der Waals surface area contributed by atoms with Crippen LogP contribution in [0.5, 0.6) is 0 Å². The van der Waals surface area contributed by atoms with Crippen molar-refractivity contribution in [2.24, 2.45) is 5.92 Å². The summed E-state index contributed by atoms with van der Waals surface area (Å²) in [5.74, 6) is 2.55. The predicted molar refractivity (Wildman–Crippen MR) is 97.0 cm³/mol. The lowest BCUT2D eigenvalue weighted by molar-refractivity contribution is 0.00578. The van der Waals surface area contributed by atoms with E-state index in [2.05, 4.69) is 38.7 Å². The highest BCUT2D eigenvalue weighted by atomic mass is 32.2. The lowest BCUT2D eigenvalue weighted by Gasteiger charge is -2.32. The van der Waals surface area contributed by atoms with E-state index in [-0.39, 0.29) is 18.3 Å². The van der Waals surface area contributed by atoms with Crippen molar-refractivity contribution in [3.05, 3.63) is 12.3 Å². The largest absolute Gasteiger partial charge is 0.496 e. The maximum absolute atomic E-state index is 6.11. The molecule has 1 saturated carbocycles. The van der Waals surface area contributed by atoms with Crippen molar-refractivity contribution in [1.29, 1.82) is 0 Å². The van der Waals surface area contributed by atoms with Gasteiger partial charge in [-0.1, -0.05) is 12.8 Å². The fraction of sp³-hybridized carbons (Fsp3) is 0.706. The van der Waals surface area contributed by atoms with Crippen molar-refractivity contribution in [2.45, 2.75) is 69.5 Å². The van der Waals surface area contributed by atoms with Crippen molar-refractivity contribution in [1.82, 2.24) is 4.98 Å². The van der Waals surface area contributed by atoms with Crippen LogP contribution < -0.4 is 11.2 Å². The molecule has 2 fully saturated rings. The molecule has 126 valence electrons. The number of thioether (sulfide) groups is 1. The minimum absolute atomic E-state index is 0.337. The summed E-state index contributed by atoms with van der Waals surface area (Å²) in [5.41, 5.74) is 6.34. The van der Waals surface area contributed by atoms with Crippen LogP contribution >= 0.6 is 11.8 Å². The van der Waals surface area contributed by atoms with Gasteiger partial charge in [-0.3, -0.25) is 0 Å². The van der Waals surface area contributed by atoms with Crippen molar-refractivity contribution in [3.8, 4) is 0 Å². The van der Waals surface area contributed by atoms with Gasteiger partial charge in [0.25, 0.3) is 0 Å². The number of nitrogens with two attached hydrogens (primary N) is 1. The summed E-state index contributed by atoms with van der Waals surface area (Å²) >= 11 is 1.82. The lowest BCUT2D eigenvalue weighted by atomic mass is 9.80. The standard InChI is InChI=1S/C17H27BN2O2S/c1-16(2)17(3,4)22-18(21-16)13-9-14(15(19)20-10-13)23-11-12-7-5-6-8-12/h9-10,12H,5-8,11H2,1-4H3,(H2,19,20). The minimum atomic E-state index is -0.376. The summed E-state index contributed by atoms with van der Waals surface area (Å²) in [6.45, 7) is 8.25. The van der Waals surface area contributed by atoms with Gasteiger partial charge in [-0.2, -0.15) is 0 Å². The van der Waals surface area contributed by atoms with Crippen molar-refractivity contribution >= 4 is 30.2 Å². The van der Waals surface area contributed by atoms with Crippen molar-refractivity contribution in [2.75, 3.05) is 11.5 Å². The summed E-state index contributed by atoms with van der Waals surface area (Å²) in [6.07, 6.45) is 7.20. The monoisotopic (exact) mass is 334 g/mol. The molecule has 0 amide bonds. The smallest absolute Gasteiger partial charge is 0.399 e. The zero-order valence-electron chi connectivity index (χ0n) is 14.6. The number of aromatic nitrogens is 1. The van der Waals surface area contributed by atoms with Crippen LogP contribution in [0.15, 0.2) is 17.2 Å². The molecule has 1 aromatic rings. The van der Waals surface area contributed by atoms with Crippen LogP contribution in [0.2, 0.25) is 0 Å². The molecule has 0 atom stereocenters. The zero-order valence-corrected chi connectivity index (χ0v) is 15.4. The van der Waals surface area contributed by atoms with Crippen LogP contribution in [0.3, 0.4) is 0 Å². The first-order chi connectivity index (χ1) is 10.8. The third kappa shape index (κ3) is 3.54. The van der Waals surface area contributed by atoms with Gasteiger partial charge in [-0.05, 0) is 52.5 Å².